The van der Waals surface area contributed by atoms with Gasteiger partial charge in [0.25, 0.3) is 0 Å². The molecule has 21 heavy (non-hydrogen) atoms. The van der Waals surface area contributed by atoms with Crippen LogP contribution in [0.2, 0.25) is 0 Å². The fourth-order valence-electron chi connectivity index (χ4n) is 2.43. The van der Waals surface area contributed by atoms with Crippen LogP contribution in [0.25, 0.3) is 10.9 Å². The van der Waals surface area contributed by atoms with E-state index in [1.807, 2.05) is 13.8 Å². The van der Waals surface area contributed by atoms with Crippen LogP contribution in [0.5, 0.6) is 0 Å². The Kier molecular flexibility index (Phi) is 4.35. The second-order valence-electron chi connectivity index (χ2n) is 6.46. The summed E-state index contributed by atoms with van der Waals surface area (Å²) in [4.78, 5) is 15.5. The van der Waals surface area contributed by atoms with Crippen LogP contribution in [0.3, 0.4) is 0 Å². The minimum Gasteiger partial charge on any atom is -0.361 e. The molecule has 0 saturated heterocycles. The van der Waals surface area contributed by atoms with Crippen molar-refractivity contribution >= 4 is 16.8 Å². The number of fused-ring (bicyclic) bond motifs is 1. The van der Waals surface area contributed by atoms with Gasteiger partial charge in [-0.1, -0.05) is 13.8 Å². The van der Waals surface area contributed by atoms with E-state index in [0.29, 0.717) is 18.0 Å². The fourth-order valence-corrected chi connectivity index (χ4v) is 2.43. The zero-order valence-corrected chi connectivity index (χ0v) is 13.1. The topological polar surface area (TPSA) is 44.9 Å². The first-order chi connectivity index (χ1) is 9.82. The predicted molar refractivity (Wildman–Crippen MR) is 83.7 cm³/mol. The molecular formula is C17H23FN2O. The number of benzene rings is 1. The first-order valence-corrected chi connectivity index (χ1v) is 7.37. The van der Waals surface area contributed by atoms with Crippen LogP contribution in [0.4, 0.5) is 4.39 Å². The molecule has 0 atom stereocenters. The second-order valence-corrected chi connectivity index (χ2v) is 6.46. The van der Waals surface area contributed by atoms with Crippen molar-refractivity contribution in [1.29, 1.82) is 0 Å². The molecule has 2 rings (SSSR count). The van der Waals surface area contributed by atoms with Gasteiger partial charge in [0.15, 0.2) is 0 Å². The van der Waals surface area contributed by atoms with Crippen LogP contribution in [0.1, 0.15) is 39.7 Å². The first-order valence-electron chi connectivity index (χ1n) is 7.37. The highest BCUT2D eigenvalue weighted by atomic mass is 19.1. The Morgan fingerprint density at radius 2 is 2.10 bits per heavy atom. The Morgan fingerprint density at radius 1 is 1.38 bits per heavy atom. The summed E-state index contributed by atoms with van der Waals surface area (Å²) < 4.78 is 13.2. The monoisotopic (exact) mass is 290 g/mol. The molecule has 0 bridgehead atoms. The van der Waals surface area contributed by atoms with Crippen LogP contribution in [0, 0.1) is 11.7 Å². The van der Waals surface area contributed by atoms with Gasteiger partial charge < -0.3 is 10.3 Å². The molecule has 1 aromatic heterocycles. The molecule has 0 aliphatic heterocycles. The number of hydrogen-bond acceptors (Lipinski definition) is 1. The molecule has 0 unspecified atom stereocenters. The van der Waals surface area contributed by atoms with E-state index in [0.717, 1.165) is 17.4 Å². The quantitative estimate of drug-likeness (QED) is 0.865. The fraction of sp³-hybridized carbons (Fsp3) is 0.471. The highest BCUT2D eigenvalue weighted by Gasteiger charge is 2.31. The number of carbonyl (C=O) groups is 1. The Labute approximate surface area is 124 Å². The maximum absolute atomic E-state index is 13.2. The molecule has 0 spiro atoms. The zero-order chi connectivity index (χ0) is 15.6. The maximum atomic E-state index is 13.2. The molecule has 114 valence electrons. The summed E-state index contributed by atoms with van der Waals surface area (Å²) in [5, 5.41) is 3.88. The van der Waals surface area contributed by atoms with Crippen LogP contribution in [0.15, 0.2) is 24.4 Å². The summed E-state index contributed by atoms with van der Waals surface area (Å²) in [5.41, 5.74) is 0.945. The summed E-state index contributed by atoms with van der Waals surface area (Å²) in [6.07, 6.45) is 2.76. The maximum Gasteiger partial charge on any atom is 0.230 e. The summed E-state index contributed by atoms with van der Waals surface area (Å²) in [5.74, 6) is 0.271. The lowest BCUT2D eigenvalue weighted by atomic mass is 9.83. The summed E-state index contributed by atoms with van der Waals surface area (Å²) >= 11 is 0. The average molecular weight is 290 g/mol. The van der Waals surface area contributed by atoms with Crippen molar-refractivity contribution in [3.05, 3.63) is 35.8 Å². The van der Waals surface area contributed by atoms with Crippen molar-refractivity contribution in [3.63, 3.8) is 0 Å². The van der Waals surface area contributed by atoms with E-state index in [4.69, 9.17) is 0 Å². The van der Waals surface area contributed by atoms with E-state index in [9.17, 15) is 9.18 Å². The minimum absolute atomic E-state index is 0.00613. The molecular weight excluding hydrogens is 267 g/mol. The van der Waals surface area contributed by atoms with Crippen molar-refractivity contribution < 1.29 is 9.18 Å². The van der Waals surface area contributed by atoms with Gasteiger partial charge >= 0.3 is 0 Å². The standard InChI is InChI=1S/C17H23FN2O/c1-11(2)7-8-19-16(21)17(3,4)14-10-20-15-9-12(18)5-6-13(14)15/h5-6,9-11,20H,7-8H2,1-4H3,(H,19,21). The lowest BCUT2D eigenvalue weighted by molar-refractivity contribution is -0.125. The van der Waals surface area contributed by atoms with Crippen LogP contribution < -0.4 is 5.32 Å². The van der Waals surface area contributed by atoms with Gasteiger partial charge in [0, 0.05) is 23.6 Å². The second kappa shape index (κ2) is 5.88. The molecule has 2 N–H and O–H groups in total. The molecule has 1 aromatic carbocycles. The smallest absolute Gasteiger partial charge is 0.230 e. The third kappa shape index (κ3) is 3.26. The van der Waals surface area contributed by atoms with Crippen LogP contribution in [-0.2, 0) is 10.2 Å². The van der Waals surface area contributed by atoms with Crippen molar-refractivity contribution in [1.82, 2.24) is 10.3 Å². The molecule has 1 amide bonds. The molecule has 0 saturated carbocycles. The van der Waals surface area contributed by atoms with Gasteiger partial charge in [-0.05, 0) is 49.9 Å². The summed E-state index contributed by atoms with van der Waals surface area (Å²) in [6, 6.07) is 4.59. The number of rotatable bonds is 5. The van der Waals surface area contributed by atoms with E-state index in [-0.39, 0.29) is 11.7 Å². The highest BCUT2D eigenvalue weighted by Crippen LogP contribution is 2.31. The SMILES string of the molecule is CC(C)CCNC(=O)C(C)(C)c1c[nH]c2cc(F)ccc12. The van der Waals surface area contributed by atoms with Crippen molar-refractivity contribution in [3.8, 4) is 0 Å². The molecule has 0 radical (unpaired) electrons. The third-order valence-corrected chi connectivity index (χ3v) is 3.89. The number of halogens is 1. The van der Waals surface area contributed by atoms with Gasteiger partial charge in [0.1, 0.15) is 5.82 Å². The molecule has 0 aliphatic carbocycles. The molecule has 0 aliphatic rings. The molecule has 0 fully saturated rings. The highest BCUT2D eigenvalue weighted by molar-refractivity contribution is 5.94. The van der Waals surface area contributed by atoms with E-state index < -0.39 is 5.41 Å². The van der Waals surface area contributed by atoms with E-state index >= 15 is 0 Å². The molecule has 3 nitrogen and oxygen atoms in total. The van der Waals surface area contributed by atoms with E-state index in [1.165, 1.54) is 12.1 Å². The normalized spacial score (nSPS) is 12.1. The van der Waals surface area contributed by atoms with Crippen molar-refractivity contribution in [2.24, 2.45) is 5.92 Å². The van der Waals surface area contributed by atoms with Crippen molar-refractivity contribution in [2.75, 3.05) is 6.54 Å². The number of hydrogen-bond donors (Lipinski definition) is 2. The van der Waals surface area contributed by atoms with Crippen molar-refractivity contribution in [2.45, 2.75) is 39.5 Å². The Balaban J connectivity index is 2.22. The third-order valence-electron chi connectivity index (χ3n) is 3.89. The van der Waals surface area contributed by atoms with Gasteiger partial charge in [0.05, 0.1) is 5.41 Å². The Bertz CT molecular complexity index is 643. The number of H-pyrrole nitrogens is 1. The average Bonchev–Trinajstić information content (AvgIpc) is 2.81. The van der Waals surface area contributed by atoms with E-state index in [1.54, 1.807) is 12.3 Å². The van der Waals surface area contributed by atoms with Gasteiger partial charge in [-0.3, -0.25) is 4.79 Å². The number of amides is 1. The van der Waals surface area contributed by atoms with Crippen LogP contribution in [-0.4, -0.2) is 17.4 Å². The van der Waals surface area contributed by atoms with Gasteiger partial charge in [-0.2, -0.15) is 0 Å². The number of carbonyl (C=O) groups excluding carboxylic acids is 1. The molecule has 1 heterocycles. The van der Waals surface area contributed by atoms with Gasteiger partial charge in [-0.25, -0.2) is 4.39 Å². The molecule has 2 aromatic rings. The number of nitrogens with one attached hydrogen (secondary N) is 2. The largest absolute Gasteiger partial charge is 0.361 e. The van der Waals surface area contributed by atoms with Gasteiger partial charge in [0.2, 0.25) is 5.91 Å². The molecule has 4 heteroatoms. The number of aromatic amines is 1. The Morgan fingerprint density at radius 3 is 2.76 bits per heavy atom. The van der Waals surface area contributed by atoms with Crippen LogP contribution >= 0.6 is 0 Å². The Hall–Kier alpha value is -1.84. The first kappa shape index (κ1) is 15.5. The number of aromatic nitrogens is 1. The van der Waals surface area contributed by atoms with E-state index in [2.05, 4.69) is 24.1 Å². The van der Waals surface area contributed by atoms with Gasteiger partial charge in [-0.15, -0.1) is 0 Å². The minimum atomic E-state index is -0.660. The summed E-state index contributed by atoms with van der Waals surface area (Å²) in [6.45, 7) is 8.72. The lowest BCUT2D eigenvalue weighted by Crippen LogP contribution is -2.40. The summed E-state index contributed by atoms with van der Waals surface area (Å²) in [7, 11) is 0. The predicted octanol–water partition coefficient (Wildman–Crippen LogP) is 3.75. The zero-order valence-electron chi connectivity index (χ0n) is 13.1. The lowest BCUT2D eigenvalue weighted by Gasteiger charge is -2.23.